The van der Waals surface area contributed by atoms with Crippen molar-refractivity contribution >= 4 is 17.9 Å². The van der Waals surface area contributed by atoms with Crippen LogP contribution in [0, 0.1) is 5.92 Å². The van der Waals surface area contributed by atoms with Gasteiger partial charge in [0.15, 0.2) is 6.10 Å². The van der Waals surface area contributed by atoms with Crippen LogP contribution < -0.4 is 0 Å². The Bertz CT molecular complexity index is 1010. The van der Waals surface area contributed by atoms with E-state index in [1.165, 1.54) is 244 Å². The van der Waals surface area contributed by atoms with Gasteiger partial charge in [0, 0.05) is 19.3 Å². The quantitative estimate of drug-likeness (QED) is 0.0343. The lowest BCUT2D eigenvalue weighted by molar-refractivity contribution is -0.167. The lowest BCUT2D eigenvalue weighted by Gasteiger charge is -2.18. The minimum absolute atomic E-state index is 0.0614. The fraction of sp³-hybridized carbons (Fsp3) is 0.951. The summed E-state index contributed by atoms with van der Waals surface area (Å²) in [7, 11) is 0. The maximum atomic E-state index is 12.9. The minimum atomic E-state index is -0.762. The Labute approximate surface area is 418 Å². The lowest BCUT2D eigenvalue weighted by Crippen LogP contribution is -2.30. The van der Waals surface area contributed by atoms with Gasteiger partial charge in [-0.25, -0.2) is 0 Å². The summed E-state index contributed by atoms with van der Waals surface area (Å²) in [5, 5.41) is 0. The van der Waals surface area contributed by atoms with Crippen LogP contribution in [0.4, 0.5) is 0 Å². The second-order valence-electron chi connectivity index (χ2n) is 21.5. The molecule has 6 nitrogen and oxygen atoms in total. The summed E-state index contributed by atoms with van der Waals surface area (Å²) >= 11 is 0. The van der Waals surface area contributed by atoms with Crippen molar-refractivity contribution in [3.8, 4) is 0 Å². The molecule has 0 aliphatic heterocycles. The lowest BCUT2D eigenvalue weighted by atomic mass is 10.0. The van der Waals surface area contributed by atoms with Gasteiger partial charge in [0.2, 0.25) is 0 Å². The molecule has 0 N–H and O–H groups in total. The van der Waals surface area contributed by atoms with Crippen molar-refractivity contribution in [2.24, 2.45) is 5.92 Å². The number of rotatable bonds is 56. The van der Waals surface area contributed by atoms with Gasteiger partial charge in [0.05, 0.1) is 0 Å². The molecule has 1 atom stereocenters. The highest BCUT2D eigenvalue weighted by atomic mass is 16.6. The Hall–Kier alpha value is -1.59. The standard InChI is InChI=1S/C61H118O6/c1-5-7-9-11-13-15-17-19-24-30-34-38-42-46-50-54-61(64)67-58(55-65-59(62)52-48-44-40-36-32-27-18-16-14-12-10-8-6-2)56-66-60(63)53-49-45-41-37-33-29-26-23-21-20-22-25-28-31-35-39-43-47-51-57(3)4/h57-58H,5-56H2,1-4H3/t58-/m0/s1. The van der Waals surface area contributed by atoms with Gasteiger partial charge in [-0.05, 0) is 25.2 Å². The molecule has 0 aliphatic carbocycles. The summed E-state index contributed by atoms with van der Waals surface area (Å²) in [6.07, 6.45) is 61.0. The summed E-state index contributed by atoms with van der Waals surface area (Å²) < 4.78 is 16.9. The number of carbonyl (C=O) groups is 3. The first-order valence-electron chi connectivity index (χ1n) is 30.4. The smallest absolute Gasteiger partial charge is 0.306 e. The summed E-state index contributed by atoms with van der Waals surface area (Å²) in [5.41, 5.74) is 0. The van der Waals surface area contributed by atoms with E-state index in [-0.39, 0.29) is 31.1 Å². The van der Waals surface area contributed by atoms with Gasteiger partial charge in [-0.2, -0.15) is 0 Å². The van der Waals surface area contributed by atoms with E-state index in [0.29, 0.717) is 19.3 Å². The Morgan fingerprint density at radius 1 is 0.284 bits per heavy atom. The SMILES string of the molecule is CCCCCCCCCCCCCCCCCC(=O)O[C@@H](COC(=O)CCCCCCCCCCCCCCC)COC(=O)CCCCCCCCCCCCCCCCCCCCC(C)C. The summed E-state index contributed by atoms with van der Waals surface area (Å²) in [4.78, 5) is 38.2. The fourth-order valence-corrected chi connectivity index (χ4v) is 9.46. The van der Waals surface area contributed by atoms with Gasteiger partial charge in [0.1, 0.15) is 13.2 Å². The fourth-order valence-electron chi connectivity index (χ4n) is 9.46. The Balaban J connectivity index is 4.24. The highest BCUT2D eigenvalue weighted by Gasteiger charge is 2.19. The first-order chi connectivity index (χ1) is 32.9. The third kappa shape index (κ3) is 55.2. The first-order valence-corrected chi connectivity index (χ1v) is 30.4. The van der Waals surface area contributed by atoms with Gasteiger partial charge < -0.3 is 14.2 Å². The van der Waals surface area contributed by atoms with Crippen LogP contribution in [0.2, 0.25) is 0 Å². The molecule has 0 saturated carbocycles. The van der Waals surface area contributed by atoms with E-state index in [2.05, 4.69) is 27.7 Å². The third-order valence-corrected chi connectivity index (χ3v) is 14.0. The van der Waals surface area contributed by atoms with Crippen LogP contribution in [-0.4, -0.2) is 37.2 Å². The van der Waals surface area contributed by atoms with Gasteiger partial charge in [-0.15, -0.1) is 0 Å². The molecule has 6 heteroatoms. The van der Waals surface area contributed by atoms with E-state index < -0.39 is 6.10 Å². The number of carbonyl (C=O) groups excluding carboxylic acids is 3. The second-order valence-corrected chi connectivity index (χ2v) is 21.5. The molecule has 0 heterocycles. The average molecular weight is 948 g/mol. The number of unbranched alkanes of at least 4 members (excludes halogenated alkanes) is 43. The van der Waals surface area contributed by atoms with Crippen LogP contribution in [0.25, 0.3) is 0 Å². The summed E-state index contributed by atoms with van der Waals surface area (Å²) in [5.74, 6) is 0.0278. The molecule has 0 aromatic heterocycles. The molecule has 67 heavy (non-hydrogen) atoms. The molecule has 0 radical (unpaired) electrons. The number of hydrogen-bond acceptors (Lipinski definition) is 6. The molecule has 0 spiro atoms. The van der Waals surface area contributed by atoms with Gasteiger partial charge in [-0.3, -0.25) is 14.4 Å². The van der Waals surface area contributed by atoms with Crippen LogP contribution in [-0.2, 0) is 28.6 Å². The number of esters is 3. The van der Waals surface area contributed by atoms with Crippen LogP contribution in [0.15, 0.2) is 0 Å². The van der Waals surface area contributed by atoms with Crippen molar-refractivity contribution in [3.05, 3.63) is 0 Å². The number of hydrogen-bond donors (Lipinski definition) is 0. The highest BCUT2D eigenvalue weighted by Crippen LogP contribution is 2.18. The predicted octanol–water partition coefficient (Wildman–Crippen LogP) is 20.2. The zero-order valence-electron chi connectivity index (χ0n) is 45.9. The Kier molecular flexibility index (Phi) is 54.0. The maximum Gasteiger partial charge on any atom is 0.306 e. The van der Waals surface area contributed by atoms with Crippen molar-refractivity contribution in [1.29, 1.82) is 0 Å². The molecule has 0 rings (SSSR count). The Morgan fingerprint density at radius 2 is 0.493 bits per heavy atom. The number of ether oxygens (including phenoxy) is 3. The van der Waals surface area contributed by atoms with E-state index in [1.54, 1.807) is 0 Å². The van der Waals surface area contributed by atoms with Crippen molar-refractivity contribution < 1.29 is 28.6 Å². The molecule has 0 amide bonds. The molecule has 0 saturated heterocycles. The summed E-state index contributed by atoms with van der Waals surface area (Å²) in [6, 6.07) is 0. The molecular formula is C61H118O6. The van der Waals surface area contributed by atoms with E-state index in [4.69, 9.17) is 14.2 Å². The topological polar surface area (TPSA) is 78.9 Å². The molecular weight excluding hydrogens is 829 g/mol. The van der Waals surface area contributed by atoms with Crippen LogP contribution in [0.5, 0.6) is 0 Å². The molecule has 0 aromatic rings. The highest BCUT2D eigenvalue weighted by molar-refractivity contribution is 5.71. The van der Waals surface area contributed by atoms with Crippen molar-refractivity contribution in [2.45, 2.75) is 355 Å². The molecule has 0 unspecified atom stereocenters. The van der Waals surface area contributed by atoms with Crippen molar-refractivity contribution in [2.75, 3.05) is 13.2 Å². The first kappa shape index (κ1) is 65.4. The normalized spacial score (nSPS) is 12.0. The maximum absolute atomic E-state index is 12.9. The molecule has 0 aliphatic rings. The molecule has 0 aromatic carbocycles. The second kappa shape index (κ2) is 55.3. The van der Waals surface area contributed by atoms with E-state index in [1.807, 2.05) is 0 Å². The monoisotopic (exact) mass is 947 g/mol. The van der Waals surface area contributed by atoms with Gasteiger partial charge >= 0.3 is 17.9 Å². The van der Waals surface area contributed by atoms with Crippen molar-refractivity contribution in [1.82, 2.24) is 0 Å². The minimum Gasteiger partial charge on any atom is -0.462 e. The van der Waals surface area contributed by atoms with E-state index in [9.17, 15) is 14.4 Å². The average Bonchev–Trinajstić information content (AvgIpc) is 3.31. The summed E-state index contributed by atoms with van der Waals surface area (Å²) in [6.45, 7) is 9.08. The molecule has 398 valence electrons. The van der Waals surface area contributed by atoms with Crippen LogP contribution in [0.3, 0.4) is 0 Å². The zero-order chi connectivity index (χ0) is 48.8. The van der Waals surface area contributed by atoms with E-state index in [0.717, 1.165) is 63.7 Å². The van der Waals surface area contributed by atoms with Crippen LogP contribution in [0.1, 0.15) is 349 Å². The predicted molar refractivity (Wildman–Crippen MR) is 289 cm³/mol. The zero-order valence-corrected chi connectivity index (χ0v) is 45.9. The van der Waals surface area contributed by atoms with E-state index >= 15 is 0 Å². The largest absolute Gasteiger partial charge is 0.462 e. The molecule has 0 bridgehead atoms. The van der Waals surface area contributed by atoms with Crippen molar-refractivity contribution in [3.63, 3.8) is 0 Å². The third-order valence-electron chi connectivity index (χ3n) is 14.0. The molecule has 0 fully saturated rings. The van der Waals surface area contributed by atoms with Gasteiger partial charge in [0.25, 0.3) is 0 Å². The van der Waals surface area contributed by atoms with Gasteiger partial charge in [-0.1, -0.05) is 310 Å². The Morgan fingerprint density at radius 3 is 0.731 bits per heavy atom. The van der Waals surface area contributed by atoms with Crippen LogP contribution >= 0.6 is 0 Å².